The lowest BCUT2D eigenvalue weighted by molar-refractivity contribution is -0.136. The molecule has 1 saturated carbocycles. The average molecular weight is 449 g/mol. The third-order valence-electron chi connectivity index (χ3n) is 5.47. The molecule has 4 rings (SSSR count). The van der Waals surface area contributed by atoms with Crippen LogP contribution in [0.4, 0.5) is 0 Å². The summed E-state index contributed by atoms with van der Waals surface area (Å²) in [6.45, 7) is 2.96. The zero-order chi connectivity index (χ0) is 23.0. The van der Waals surface area contributed by atoms with Crippen molar-refractivity contribution in [3.63, 3.8) is 0 Å². The van der Waals surface area contributed by atoms with E-state index in [9.17, 15) is 4.79 Å². The predicted molar refractivity (Wildman–Crippen MR) is 124 cm³/mol. The molecule has 7 heteroatoms. The van der Waals surface area contributed by atoms with Gasteiger partial charge in [-0.2, -0.15) is 0 Å². The van der Waals surface area contributed by atoms with E-state index in [0.717, 1.165) is 28.3 Å². The lowest BCUT2D eigenvalue weighted by atomic mass is 10.1. The minimum atomic E-state index is -0.858. The Kier molecular flexibility index (Phi) is 7.40. The van der Waals surface area contributed by atoms with Gasteiger partial charge in [0.25, 0.3) is 0 Å². The fourth-order valence-corrected chi connectivity index (χ4v) is 3.35. The number of carbonyl (C=O) groups is 1. The minimum absolute atomic E-state index is 0.00585. The lowest BCUT2D eigenvalue weighted by Gasteiger charge is -2.09. The van der Waals surface area contributed by atoms with Crippen LogP contribution >= 0.6 is 0 Å². The standard InChI is InChI=1S/C26H28N2O5/c1-18-23(27-26(33-18)21-5-3-2-4-6-21)15-16-31-22-11-9-20(10-12-22)24(13-14-25(29)30)28-32-17-19-7-8-19/h2-6,9-12,19H,7-8,13-17H2,1H3,(H,29,30). The second-order valence-electron chi connectivity index (χ2n) is 8.18. The molecule has 1 fully saturated rings. The molecule has 0 radical (unpaired) electrons. The second kappa shape index (κ2) is 10.8. The van der Waals surface area contributed by atoms with Crippen LogP contribution in [-0.2, 0) is 16.1 Å². The summed E-state index contributed by atoms with van der Waals surface area (Å²) in [6.07, 6.45) is 3.30. The first kappa shape index (κ1) is 22.6. The first-order chi connectivity index (χ1) is 16.1. The molecule has 172 valence electrons. The van der Waals surface area contributed by atoms with Gasteiger partial charge in [-0.1, -0.05) is 23.4 Å². The van der Waals surface area contributed by atoms with E-state index in [1.54, 1.807) is 0 Å². The monoisotopic (exact) mass is 448 g/mol. The molecule has 7 nitrogen and oxygen atoms in total. The molecule has 1 aromatic heterocycles. The fourth-order valence-electron chi connectivity index (χ4n) is 3.35. The molecule has 0 atom stereocenters. The van der Waals surface area contributed by atoms with Crippen molar-refractivity contribution in [3.05, 3.63) is 71.6 Å². The van der Waals surface area contributed by atoms with Gasteiger partial charge < -0.3 is 19.1 Å². The molecule has 33 heavy (non-hydrogen) atoms. The van der Waals surface area contributed by atoms with Crippen LogP contribution in [0.5, 0.6) is 5.75 Å². The number of aliphatic carboxylic acids is 1. The van der Waals surface area contributed by atoms with Crippen LogP contribution in [0.25, 0.3) is 11.5 Å². The summed E-state index contributed by atoms with van der Waals surface area (Å²) in [6, 6.07) is 17.3. The minimum Gasteiger partial charge on any atom is -0.493 e. The normalized spacial score (nSPS) is 13.7. The molecule has 1 N–H and O–H groups in total. The Morgan fingerprint density at radius 3 is 2.58 bits per heavy atom. The highest BCUT2D eigenvalue weighted by Gasteiger charge is 2.22. The van der Waals surface area contributed by atoms with Gasteiger partial charge in [0, 0.05) is 18.4 Å². The van der Waals surface area contributed by atoms with Crippen molar-refractivity contribution >= 4 is 11.7 Å². The number of oxazole rings is 1. The molecule has 1 heterocycles. The summed E-state index contributed by atoms with van der Waals surface area (Å²) in [5, 5.41) is 13.2. The van der Waals surface area contributed by atoms with E-state index in [2.05, 4.69) is 10.1 Å². The molecule has 0 bridgehead atoms. The number of ether oxygens (including phenoxy) is 1. The number of aromatic nitrogens is 1. The van der Waals surface area contributed by atoms with Crippen LogP contribution in [0.3, 0.4) is 0 Å². The number of rotatable bonds is 12. The number of benzene rings is 2. The predicted octanol–water partition coefficient (Wildman–Crippen LogP) is 5.27. The van der Waals surface area contributed by atoms with Gasteiger partial charge in [0.1, 0.15) is 18.1 Å². The van der Waals surface area contributed by atoms with Gasteiger partial charge in [0.2, 0.25) is 5.89 Å². The highest BCUT2D eigenvalue weighted by Crippen LogP contribution is 2.29. The van der Waals surface area contributed by atoms with Crippen molar-refractivity contribution in [1.29, 1.82) is 0 Å². The number of hydrogen-bond acceptors (Lipinski definition) is 6. The van der Waals surface area contributed by atoms with Gasteiger partial charge >= 0.3 is 5.97 Å². The third kappa shape index (κ3) is 6.68. The molecule has 1 aliphatic rings. The van der Waals surface area contributed by atoms with Crippen molar-refractivity contribution < 1.29 is 23.9 Å². The van der Waals surface area contributed by atoms with Gasteiger partial charge in [-0.25, -0.2) is 4.98 Å². The van der Waals surface area contributed by atoms with Gasteiger partial charge in [0.05, 0.1) is 24.4 Å². The Balaban J connectivity index is 1.33. The molecule has 2 aromatic carbocycles. The zero-order valence-corrected chi connectivity index (χ0v) is 18.7. The molecular weight excluding hydrogens is 420 g/mol. The SMILES string of the molecule is Cc1oc(-c2ccccc2)nc1CCOc1ccc(C(CCC(=O)O)=NOCC2CC2)cc1. The van der Waals surface area contributed by atoms with Crippen LogP contribution < -0.4 is 4.74 Å². The van der Waals surface area contributed by atoms with Crippen molar-refractivity contribution in [2.75, 3.05) is 13.2 Å². The number of carboxylic acid groups (broad SMARTS) is 1. The Morgan fingerprint density at radius 1 is 1.12 bits per heavy atom. The van der Waals surface area contributed by atoms with Crippen LogP contribution in [0, 0.1) is 12.8 Å². The van der Waals surface area contributed by atoms with Crippen molar-refractivity contribution in [2.45, 2.75) is 39.0 Å². The van der Waals surface area contributed by atoms with E-state index in [0.29, 0.717) is 43.6 Å². The molecule has 0 spiro atoms. The van der Waals surface area contributed by atoms with E-state index in [1.807, 2.05) is 61.5 Å². The molecule has 1 aliphatic carbocycles. The Bertz CT molecular complexity index is 1090. The quantitative estimate of drug-likeness (QED) is 0.300. The average Bonchev–Trinajstić information content (AvgIpc) is 3.58. The Hall–Kier alpha value is -3.61. The van der Waals surface area contributed by atoms with E-state index in [-0.39, 0.29) is 6.42 Å². The van der Waals surface area contributed by atoms with E-state index in [1.165, 1.54) is 12.8 Å². The topological polar surface area (TPSA) is 94.2 Å². The van der Waals surface area contributed by atoms with Crippen LogP contribution in [0.15, 0.2) is 64.2 Å². The highest BCUT2D eigenvalue weighted by atomic mass is 16.6. The van der Waals surface area contributed by atoms with Crippen LogP contribution in [-0.4, -0.2) is 35.0 Å². The number of oxime groups is 1. The van der Waals surface area contributed by atoms with E-state index < -0.39 is 5.97 Å². The highest BCUT2D eigenvalue weighted by molar-refractivity contribution is 6.01. The first-order valence-corrected chi connectivity index (χ1v) is 11.2. The second-order valence-corrected chi connectivity index (χ2v) is 8.18. The summed E-state index contributed by atoms with van der Waals surface area (Å²) in [4.78, 5) is 21.0. The first-order valence-electron chi connectivity index (χ1n) is 11.2. The largest absolute Gasteiger partial charge is 0.493 e. The van der Waals surface area contributed by atoms with Crippen LogP contribution in [0.1, 0.15) is 42.7 Å². The molecule has 0 amide bonds. The van der Waals surface area contributed by atoms with E-state index >= 15 is 0 Å². The lowest BCUT2D eigenvalue weighted by Crippen LogP contribution is -2.07. The molecule has 3 aromatic rings. The van der Waals surface area contributed by atoms with Crippen molar-refractivity contribution in [2.24, 2.45) is 11.1 Å². The van der Waals surface area contributed by atoms with Crippen molar-refractivity contribution in [1.82, 2.24) is 4.98 Å². The summed E-state index contributed by atoms with van der Waals surface area (Å²) < 4.78 is 11.7. The molecule has 0 saturated heterocycles. The number of carboxylic acids is 1. The summed E-state index contributed by atoms with van der Waals surface area (Å²) in [5.74, 6) is 1.85. The summed E-state index contributed by atoms with van der Waals surface area (Å²) >= 11 is 0. The summed E-state index contributed by atoms with van der Waals surface area (Å²) in [7, 11) is 0. The smallest absolute Gasteiger partial charge is 0.303 e. The van der Waals surface area contributed by atoms with Gasteiger partial charge in [-0.05, 0) is 67.6 Å². The van der Waals surface area contributed by atoms with Gasteiger partial charge in [-0.15, -0.1) is 0 Å². The Morgan fingerprint density at radius 2 is 1.88 bits per heavy atom. The zero-order valence-electron chi connectivity index (χ0n) is 18.7. The van der Waals surface area contributed by atoms with Gasteiger partial charge in [0.15, 0.2) is 0 Å². The van der Waals surface area contributed by atoms with E-state index in [4.69, 9.17) is 19.1 Å². The van der Waals surface area contributed by atoms with Crippen molar-refractivity contribution in [3.8, 4) is 17.2 Å². The van der Waals surface area contributed by atoms with Gasteiger partial charge in [-0.3, -0.25) is 4.79 Å². The Labute approximate surface area is 193 Å². The number of hydrogen-bond donors (Lipinski definition) is 1. The van der Waals surface area contributed by atoms with Crippen LogP contribution in [0.2, 0.25) is 0 Å². The molecule has 0 unspecified atom stereocenters. The fraction of sp³-hybridized carbons (Fsp3) is 0.346. The third-order valence-corrected chi connectivity index (χ3v) is 5.47. The maximum absolute atomic E-state index is 11.0. The number of nitrogens with zero attached hydrogens (tertiary/aromatic N) is 2. The number of aryl methyl sites for hydroxylation is 1. The molecule has 0 aliphatic heterocycles. The molecular formula is C26H28N2O5. The maximum atomic E-state index is 11.0. The summed E-state index contributed by atoms with van der Waals surface area (Å²) in [5.41, 5.74) is 3.29. The maximum Gasteiger partial charge on any atom is 0.303 e.